The van der Waals surface area contributed by atoms with Crippen LogP contribution in [0.1, 0.15) is 41.5 Å². The van der Waals surface area contributed by atoms with E-state index in [9.17, 15) is 4.79 Å². The maximum Gasteiger partial charge on any atom is 0.156 e. The summed E-state index contributed by atoms with van der Waals surface area (Å²) in [4.78, 5) is 11.7. The number of carbonyl (C=O) groups excluding carboxylic acids is 1. The molecule has 0 aromatic heterocycles. The zero-order valence-electron chi connectivity index (χ0n) is 11.8. The molecule has 0 N–H and O–H groups in total. The van der Waals surface area contributed by atoms with E-state index in [1.54, 1.807) is 0 Å². The van der Waals surface area contributed by atoms with E-state index in [-0.39, 0.29) is 43.9 Å². The van der Waals surface area contributed by atoms with E-state index in [0.29, 0.717) is 6.42 Å². The minimum atomic E-state index is 0. The van der Waals surface area contributed by atoms with Crippen LogP contribution in [0.25, 0.3) is 5.57 Å². The molecule has 0 amide bonds. The van der Waals surface area contributed by atoms with Gasteiger partial charge in [-0.3, -0.25) is 4.79 Å². The van der Waals surface area contributed by atoms with Crippen molar-refractivity contribution >= 4 is 11.4 Å². The fourth-order valence-electron chi connectivity index (χ4n) is 3.47. The van der Waals surface area contributed by atoms with Gasteiger partial charge in [0, 0.05) is 39.1 Å². The van der Waals surface area contributed by atoms with E-state index in [2.05, 4.69) is 32.9 Å². The van der Waals surface area contributed by atoms with Gasteiger partial charge in [-0.2, -0.15) is 6.42 Å². The third-order valence-electron chi connectivity index (χ3n) is 4.88. The second kappa shape index (κ2) is 5.26. The number of ketones is 1. The fraction of sp³-hybridized carbons (Fsp3) is 0.412. The first-order valence-electron chi connectivity index (χ1n) is 6.71. The molecule has 2 heteroatoms. The molecule has 1 atom stereocenters. The van der Waals surface area contributed by atoms with Gasteiger partial charge in [0.1, 0.15) is 0 Å². The molecular weight excluding hydrogens is 309 g/mol. The van der Waals surface area contributed by atoms with Crippen LogP contribution in [0.2, 0.25) is 0 Å². The third-order valence-corrected chi connectivity index (χ3v) is 4.88. The second-order valence-electron chi connectivity index (χ2n) is 5.77. The van der Waals surface area contributed by atoms with Crippen molar-refractivity contribution in [1.29, 1.82) is 0 Å². The molecule has 2 aliphatic carbocycles. The van der Waals surface area contributed by atoms with Gasteiger partial charge in [0.05, 0.1) is 0 Å². The summed E-state index contributed by atoms with van der Waals surface area (Å²) >= 11 is 0. The van der Waals surface area contributed by atoms with Crippen LogP contribution < -0.4 is 0 Å². The number of benzene rings is 1. The standard InChI is InChI=1S/C17H19O.Y/c1-4-17-8-7-13(18)9-16(17)14-6-5-11(2)12(3)15(14)10-17;/h5-6,9H,1,4,7-8,10H2,2-3H3;/q-1;. The molecule has 1 unspecified atom stereocenters. The summed E-state index contributed by atoms with van der Waals surface area (Å²) in [7, 11) is 0. The van der Waals surface area contributed by atoms with E-state index >= 15 is 0 Å². The van der Waals surface area contributed by atoms with Crippen LogP contribution in [-0.4, -0.2) is 5.78 Å². The predicted octanol–water partition coefficient (Wildman–Crippen LogP) is 3.81. The number of carbonyl (C=O) groups is 1. The molecule has 1 radical (unpaired) electrons. The molecule has 0 saturated carbocycles. The van der Waals surface area contributed by atoms with Crippen molar-refractivity contribution in [1.82, 2.24) is 0 Å². The Labute approximate surface area is 140 Å². The van der Waals surface area contributed by atoms with Crippen LogP contribution in [0.5, 0.6) is 0 Å². The Morgan fingerprint density at radius 3 is 2.74 bits per heavy atom. The van der Waals surface area contributed by atoms with Crippen LogP contribution in [0, 0.1) is 26.2 Å². The summed E-state index contributed by atoms with van der Waals surface area (Å²) in [6.07, 6.45) is 5.49. The van der Waals surface area contributed by atoms with Crippen molar-refractivity contribution in [2.45, 2.75) is 39.5 Å². The Morgan fingerprint density at radius 1 is 1.32 bits per heavy atom. The largest absolute Gasteiger partial charge is 0.342 e. The van der Waals surface area contributed by atoms with Crippen molar-refractivity contribution in [3.8, 4) is 0 Å². The number of allylic oxidation sites excluding steroid dienone is 2. The summed E-state index contributed by atoms with van der Waals surface area (Å²) in [5.41, 5.74) is 6.87. The Bertz CT molecular complexity index is 571. The molecule has 0 saturated heterocycles. The molecular formula is C17H19OY-. The van der Waals surface area contributed by atoms with Gasteiger partial charge in [-0.15, -0.1) is 0 Å². The van der Waals surface area contributed by atoms with Gasteiger partial charge in [-0.05, 0) is 66.0 Å². The minimum Gasteiger partial charge on any atom is -0.342 e. The first-order valence-corrected chi connectivity index (χ1v) is 6.71. The topological polar surface area (TPSA) is 17.1 Å². The molecule has 1 nitrogen and oxygen atoms in total. The average Bonchev–Trinajstić information content (AvgIpc) is 2.69. The summed E-state index contributed by atoms with van der Waals surface area (Å²) in [5, 5.41) is 0. The smallest absolute Gasteiger partial charge is 0.156 e. The second-order valence-corrected chi connectivity index (χ2v) is 5.77. The van der Waals surface area contributed by atoms with Crippen molar-refractivity contribution in [2.75, 3.05) is 0 Å². The van der Waals surface area contributed by atoms with E-state index in [1.165, 1.54) is 27.8 Å². The maximum absolute atomic E-state index is 11.7. The first kappa shape index (κ1) is 15.1. The molecule has 0 spiro atoms. The molecule has 1 aromatic rings. The Hall–Kier alpha value is -0.266. The van der Waals surface area contributed by atoms with E-state index in [4.69, 9.17) is 0 Å². The SMILES string of the molecule is [CH2-]CC12CCC(=O)C=C1c1ccc(C)c(C)c1C2.[Y]. The monoisotopic (exact) mass is 328 g/mol. The average molecular weight is 328 g/mol. The minimum absolute atomic E-state index is 0. The van der Waals surface area contributed by atoms with Gasteiger partial charge in [0.25, 0.3) is 0 Å². The maximum atomic E-state index is 11.7. The van der Waals surface area contributed by atoms with Crippen LogP contribution in [0.3, 0.4) is 0 Å². The summed E-state index contributed by atoms with van der Waals surface area (Å²) in [6, 6.07) is 4.37. The molecule has 19 heavy (non-hydrogen) atoms. The molecule has 1 aromatic carbocycles. The third kappa shape index (κ3) is 2.19. The number of hydrogen-bond acceptors (Lipinski definition) is 1. The molecule has 97 valence electrons. The zero-order valence-corrected chi connectivity index (χ0v) is 14.6. The Morgan fingerprint density at radius 2 is 2.05 bits per heavy atom. The Kier molecular flexibility index (Phi) is 4.19. The predicted molar refractivity (Wildman–Crippen MR) is 74.2 cm³/mol. The van der Waals surface area contributed by atoms with Gasteiger partial charge in [0.2, 0.25) is 0 Å². The number of aryl methyl sites for hydroxylation is 1. The summed E-state index contributed by atoms with van der Waals surface area (Å²) in [5.74, 6) is 0.278. The van der Waals surface area contributed by atoms with Crippen LogP contribution in [0.15, 0.2) is 18.2 Å². The van der Waals surface area contributed by atoms with Crippen molar-refractivity contribution in [3.63, 3.8) is 0 Å². The normalized spacial score (nSPS) is 24.4. The number of fused-ring (bicyclic) bond motifs is 3. The van der Waals surface area contributed by atoms with E-state index in [0.717, 1.165) is 19.3 Å². The van der Waals surface area contributed by atoms with Crippen molar-refractivity contribution in [2.24, 2.45) is 5.41 Å². The van der Waals surface area contributed by atoms with Crippen LogP contribution >= 0.6 is 0 Å². The van der Waals surface area contributed by atoms with Gasteiger partial charge in [-0.1, -0.05) is 12.1 Å². The number of hydrogen-bond donors (Lipinski definition) is 0. The number of rotatable bonds is 1. The van der Waals surface area contributed by atoms with E-state index in [1.807, 2.05) is 6.08 Å². The van der Waals surface area contributed by atoms with Gasteiger partial charge < -0.3 is 6.92 Å². The fourth-order valence-corrected chi connectivity index (χ4v) is 3.47. The van der Waals surface area contributed by atoms with Crippen LogP contribution in [-0.2, 0) is 43.9 Å². The van der Waals surface area contributed by atoms with Gasteiger partial charge >= 0.3 is 0 Å². The summed E-state index contributed by atoms with van der Waals surface area (Å²) < 4.78 is 0. The molecule has 2 aliphatic rings. The van der Waals surface area contributed by atoms with Gasteiger partial charge in [-0.25, -0.2) is 0 Å². The van der Waals surface area contributed by atoms with Crippen LogP contribution in [0.4, 0.5) is 0 Å². The molecule has 3 rings (SSSR count). The zero-order chi connectivity index (χ0) is 12.9. The molecule has 0 fully saturated rings. The molecule has 0 aliphatic heterocycles. The van der Waals surface area contributed by atoms with Gasteiger partial charge in [0.15, 0.2) is 5.78 Å². The van der Waals surface area contributed by atoms with Crippen molar-refractivity contribution in [3.05, 3.63) is 47.4 Å². The molecule has 0 heterocycles. The van der Waals surface area contributed by atoms with Crippen molar-refractivity contribution < 1.29 is 37.5 Å². The van der Waals surface area contributed by atoms with E-state index < -0.39 is 0 Å². The quantitative estimate of drug-likeness (QED) is 0.717. The molecule has 0 bridgehead atoms. The summed E-state index contributed by atoms with van der Waals surface area (Å²) in [6.45, 7) is 8.51. The Balaban J connectivity index is 0.00000133. The first-order chi connectivity index (χ1) is 8.57.